The molecule has 1 aromatic heterocycles. The molecule has 0 saturated carbocycles. The van der Waals surface area contributed by atoms with Crippen LogP contribution in [0.5, 0.6) is 5.75 Å². The molecule has 1 aliphatic carbocycles. The maximum absolute atomic E-state index is 5.39. The van der Waals surface area contributed by atoms with Crippen LogP contribution in [0, 0.1) is 0 Å². The summed E-state index contributed by atoms with van der Waals surface area (Å²) in [5.74, 6) is 1.96. The summed E-state index contributed by atoms with van der Waals surface area (Å²) in [5.41, 5.74) is 2.82. The van der Waals surface area contributed by atoms with Gasteiger partial charge < -0.3 is 15.0 Å². The fraction of sp³-hybridized carbons (Fsp3) is 0.471. The van der Waals surface area contributed by atoms with E-state index in [0.717, 1.165) is 30.8 Å². The third-order valence-electron chi connectivity index (χ3n) is 4.33. The Bertz CT molecular complexity index is 580. The van der Waals surface area contributed by atoms with Crippen LogP contribution in [0.4, 0.5) is 0 Å². The number of nitrogens with one attached hydrogen (secondary N) is 2. The molecule has 21 heavy (non-hydrogen) atoms. The molecule has 1 aliphatic rings. The molecule has 3 rings (SSSR count). The van der Waals surface area contributed by atoms with Crippen molar-refractivity contribution in [1.29, 1.82) is 0 Å². The summed E-state index contributed by atoms with van der Waals surface area (Å²) in [4.78, 5) is 7.63. The number of H-pyrrole nitrogens is 1. The number of rotatable bonds is 5. The van der Waals surface area contributed by atoms with Gasteiger partial charge in [-0.15, -0.1) is 0 Å². The zero-order valence-electron chi connectivity index (χ0n) is 12.7. The average molecular weight is 285 g/mol. The number of ether oxygens (including phenoxy) is 1. The zero-order valence-corrected chi connectivity index (χ0v) is 12.7. The lowest BCUT2D eigenvalue weighted by molar-refractivity contribution is 0.378. The highest BCUT2D eigenvalue weighted by Crippen LogP contribution is 2.34. The largest absolute Gasteiger partial charge is 0.497 e. The van der Waals surface area contributed by atoms with Gasteiger partial charge in [0.1, 0.15) is 11.6 Å². The maximum Gasteiger partial charge on any atom is 0.123 e. The quantitative estimate of drug-likeness (QED) is 0.883. The maximum atomic E-state index is 5.39. The van der Waals surface area contributed by atoms with Gasteiger partial charge in [0.05, 0.1) is 13.2 Å². The third kappa shape index (κ3) is 2.95. The summed E-state index contributed by atoms with van der Waals surface area (Å²) in [7, 11) is 1.73. The minimum absolute atomic E-state index is 0.266. The molecule has 0 fully saturated rings. The molecule has 2 atom stereocenters. The highest BCUT2D eigenvalue weighted by atomic mass is 16.5. The Kier molecular flexibility index (Phi) is 4.25. The number of benzene rings is 1. The van der Waals surface area contributed by atoms with Crippen LogP contribution in [-0.2, 0) is 6.42 Å². The molecule has 2 unspecified atom stereocenters. The van der Waals surface area contributed by atoms with Gasteiger partial charge in [-0.05, 0) is 48.9 Å². The summed E-state index contributed by atoms with van der Waals surface area (Å²) in [6.45, 7) is 2.19. The van der Waals surface area contributed by atoms with E-state index in [1.54, 1.807) is 7.11 Å². The molecular formula is C17H23N3O. The van der Waals surface area contributed by atoms with Gasteiger partial charge >= 0.3 is 0 Å². The second-order valence-corrected chi connectivity index (χ2v) is 5.61. The third-order valence-corrected chi connectivity index (χ3v) is 4.33. The highest BCUT2D eigenvalue weighted by molar-refractivity contribution is 5.39. The Hall–Kier alpha value is -1.81. The van der Waals surface area contributed by atoms with E-state index in [0.29, 0.717) is 6.04 Å². The predicted molar refractivity (Wildman–Crippen MR) is 83.4 cm³/mol. The van der Waals surface area contributed by atoms with Gasteiger partial charge in [-0.25, -0.2) is 4.98 Å². The number of aromatic nitrogens is 2. The van der Waals surface area contributed by atoms with Gasteiger partial charge in [0.2, 0.25) is 0 Å². The number of imidazole rings is 1. The Morgan fingerprint density at radius 1 is 1.48 bits per heavy atom. The smallest absolute Gasteiger partial charge is 0.123 e. The van der Waals surface area contributed by atoms with E-state index in [2.05, 4.69) is 40.4 Å². The predicted octanol–water partition coefficient (Wildman–Crippen LogP) is 3.54. The van der Waals surface area contributed by atoms with Crippen LogP contribution in [0.2, 0.25) is 0 Å². The highest BCUT2D eigenvalue weighted by Gasteiger charge is 2.24. The molecule has 2 N–H and O–H groups in total. The van der Waals surface area contributed by atoms with Crippen molar-refractivity contribution in [2.75, 3.05) is 7.11 Å². The van der Waals surface area contributed by atoms with Crippen molar-refractivity contribution in [3.63, 3.8) is 0 Å². The van der Waals surface area contributed by atoms with Gasteiger partial charge in [-0.3, -0.25) is 0 Å². The van der Waals surface area contributed by atoms with E-state index >= 15 is 0 Å². The van der Waals surface area contributed by atoms with Crippen LogP contribution in [-0.4, -0.2) is 17.1 Å². The molecule has 0 radical (unpaired) electrons. The van der Waals surface area contributed by atoms with Crippen molar-refractivity contribution in [1.82, 2.24) is 15.3 Å². The van der Waals surface area contributed by atoms with Gasteiger partial charge in [-0.2, -0.15) is 0 Å². The van der Waals surface area contributed by atoms with Crippen LogP contribution < -0.4 is 10.1 Å². The molecule has 0 saturated heterocycles. The lowest BCUT2D eigenvalue weighted by atomic mass is 9.87. The molecule has 1 heterocycles. The average Bonchev–Trinajstić information content (AvgIpc) is 3.06. The number of nitrogens with zero attached hydrogens (tertiary/aromatic N) is 1. The van der Waals surface area contributed by atoms with Crippen LogP contribution in [0.3, 0.4) is 0 Å². The number of fused-ring (bicyclic) bond motifs is 1. The normalized spacial score (nSPS) is 19.0. The molecular weight excluding hydrogens is 262 g/mol. The Morgan fingerprint density at radius 3 is 3.10 bits per heavy atom. The Balaban J connectivity index is 1.84. The van der Waals surface area contributed by atoms with Gasteiger partial charge in [0.15, 0.2) is 0 Å². The van der Waals surface area contributed by atoms with Crippen molar-refractivity contribution in [3.05, 3.63) is 47.5 Å². The van der Waals surface area contributed by atoms with E-state index in [-0.39, 0.29) is 6.04 Å². The van der Waals surface area contributed by atoms with Crippen molar-refractivity contribution in [2.45, 2.75) is 44.7 Å². The first-order valence-corrected chi connectivity index (χ1v) is 7.74. The standard InChI is InChI=1S/C17H23N3O/c1-3-15(17-18-9-10-19-17)20-16-6-4-5-12-7-8-13(21-2)11-14(12)16/h7-11,15-16,20H,3-6H2,1-2H3,(H,18,19). The minimum atomic E-state index is 0.266. The number of hydrogen-bond acceptors (Lipinski definition) is 3. The minimum Gasteiger partial charge on any atom is -0.497 e. The van der Waals surface area contributed by atoms with Gasteiger partial charge in [-0.1, -0.05) is 13.0 Å². The summed E-state index contributed by atoms with van der Waals surface area (Å²) < 4.78 is 5.39. The van der Waals surface area contributed by atoms with Crippen LogP contribution in [0.25, 0.3) is 0 Å². The van der Waals surface area contributed by atoms with Crippen LogP contribution in [0.15, 0.2) is 30.6 Å². The summed E-state index contributed by atoms with van der Waals surface area (Å²) in [5, 5.41) is 3.77. The molecule has 0 spiro atoms. The molecule has 0 bridgehead atoms. The number of methoxy groups -OCH3 is 1. The van der Waals surface area contributed by atoms with E-state index < -0.39 is 0 Å². The number of aromatic amines is 1. The van der Waals surface area contributed by atoms with Crippen molar-refractivity contribution in [2.24, 2.45) is 0 Å². The molecule has 4 nitrogen and oxygen atoms in total. The summed E-state index contributed by atoms with van der Waals surface area (Å²) in [6, 6.07) is 7.09. The van der Waals surface area contributed by atoms with Gasteiger partial charge in [0, 0.05) is 18.4 Å². The van der Waals surface area contributed by atoms with Crippen LogP contribution >= 0.6 is 0 Å². The fourth-order valence-electron chi connectivity index (χ4n) is 3.18. The molecule has 0 aliphatic heterocycles. The lowest BCUT2D eigenvalue weighted by Crippen LogP contribution is -2.29. The zero-order chi connectivity index (χ0) is 14.7. The van der Waals surface area contributed by atoms with Crippen molar-refractivity contribution < 1.29 is 4.74 Å². The second kappa shape index (κ2) is 6.31. The molecule has 112 valence electrons. The second-order valence-electron chi connectivity index (χ2n) is 5.61. The Labute approximate surface area is 125 Å². The Morgan fingerprint density at radius 2 is 2.38 bits per heavy atom. The monoisotopic (exact) mass is 285 g/mol. The summed E-state index contributed by atoms with van der Waals surface area (Å²) in [6.07, 6.45) is 8.27. The first-order chi connectivity index (χ1) is 10.3. The van der Waals surface area contributed by atoms with E-state index in [1.165, 1.54) is 17.5 Å². The van der Waals surface area contributed by atoms with Crippen molar-refractivity contribution >= 4 is 0 Å². The van der Waals surface area contributed by atoms with Crippen LogP contribution in [0.1, 0.15) is 55.2 Å². The lowest BCUT2D eigenvalue weighted by Gasteiger charge is -2.30. The van der Waals surface area contributed by atoms with Crippen molar-refractivity contribution in [3.8, 4) is 5.75 Å². The van der Waals surface area contributed by atoms with E-state index in [9.17, 15) is 0 Å². The van der Waals surface area contributed by atoms with E-state index in [1.807, 2.05) is 12.4 Å². The topological polar surface area (TPSA) is 49.9 Å². The molecule has 4 heteroatoms. The number of hydrogen-bond donors (Lipinski definition) is 2. The molecule has 2 aromatic rings. The number of aryl methyl sites for hydroxylation is 1. The van der Waals surface area contributed by atoms with E-state index in [4.69, 9.17) is 4.74 Å². The first kappa shape index (κ1) is 14.1. The molecule has 1 aromatic carbocycles. The SMILES string of the molecule is CCC(NC1CCCc2ccc(OC)cc21)c1ncc[nH]1. The molecule has 0 amide bonds. The summed E-state index contributed by atoms with van der Waals surface area (Å²) >= 11 is 0. The first-order valence-electron chi connectivity index (χ1n) is 7.74. The fourth-order valence-corrected chi connectivity index (χ4v) is 3.18. The van der Waals surface area contributed by atoms with Gasteiger partial charge in [0.25, 0.3) is 0 Å².